The van der Waals surface area contributed by atoms with E-state index in [1.807, 2.05) is 98.0 Å². The van der Waals surface area contributed by atoms with Crippen LogP contribution in [0.3, 0.4) is 0 Å². The molecule has 0 unspecified atom stereocenters. The Hall–Kier alpha value is -4.59. The summed E-state index contributed by atoms with van der Waals surface area (Å²) in [4.78, 5) is 23.4. The number of hydrogen-bond donors (Lipinski definition) is 2. The molecule has 0 aliphatic rings. The van der Waals surface area contributed by atoms with Crippen molar-refractivity contribution in [3.8, 4) is 16.9 Å². The molecule has 2 N–H and O–H groups in total. The molecule has 6 rings (SSSR count). The summed E-state index contributed by atoms with van der Waals surface area (Å²) in [5, 5.41) is 24.0. The first-order chi connectivity index (χ1) is 22.8. The lowest BCUT2D eigenvalue weighted by Crippen LogP contribution is -2.29. The fourth-order valence-electron chi connectivity index (χ4n) is 5.76. The molecule has 12 nitrogen and oxygen atoms in total. The van der Waals surface area contributed by atoms with Crippen LogP contribution in [0.15, 0.2) is 72.2 Å². The molecular weight excluding hydrogens is 623 g/mol. The quantitative estimate of drug-likeness (QED) is 0.115. The number of aliphatic hydroxyl groups excluding tert-OH is 1. The van der Waals surface area contributed by atoms with Gasteiger partial charge in [0, 0.05) is 57.4 Å². The largest absolute Gasteiger partial charge is 0.396 e. The zero-order valence-corrected chi connectivity index (χ0v) is 29.8. The fraction of sp³-hybridized carbons (Fsp3) is 0.400. The lowest BCUT2D eigenvalue weighted by atomic mass is 9.95. The Labute approximate surface area is 281 Å². The van der Waals surface area contributed by atoms with Gasteiger partial charge in [-0.3, -0.25) is 14.0 Å². The molecule has 13 heteroatoms. The van der Waals surface area contributed by atoms with E-state index in [-0.39, 0.29) is 17.6 Å². The monoisotopic (exact) mass is 667 g/mol. The SMILES string of the molecule is Cc1ccn2nc([C@H](C)Nc3ncnc4c3c(-c3ccn(CC(C)(C)CO)n3)cn4COCC[Si](C)(C)C)n(-c3ccccc3)c(=O)c12. The first-order valence-corrected chi connectivity index (χ1v) is 20.0. The summed E-state index contributed by atoms with van der Waals surface area (Å²) >= 11 is 0. The second kappa shape index (κ2) is 13.1. The zero-order chi connectivity index (χ0) is 34.2. The van der Waals surface area contributed by atoms with Gasteiger partial charge in [0.05, 0.1) is 22.8 Å². The van der Waals surface area contributed by atoms with Gasteiger partial charge in [0.1, 0.15) is 30.0 Å². The molecule has 0 radical (unpaired) electrons. The molecule has 252 valence electrons. The van der Waals surface area contributed by atoms with Crippen LogP contribution in [0.5, 0.6) is 0 Å². The minimum absolute atomic E-state index is 0.0481. The van der Waals surface area contributed by atoms with Gasteiger partial charge >= 0.3 is 0 Å². The van der Waals surface area contributed by atoms with Gasteiger partial charge in [0.2, 0.25) is 0 Å². The van der Waals surface area contributed by atoms with Crippen molar-refractivity contribution in [1.29, 1.82) is 0 Å². The molecule has 0 spiro atoms. The number of ether oxygens (including phenoxy) is 1. The van der Waals surface area contributed by atoms with Crippen molar-refractivity contribution in [2.45, 2.75) is 72.7 Å². The molecule has 0 amide bonds. The summed E-state index contributed by atoms with van der Waals surface area (Å²) in [6.45, 7) is 16.5. The molecule has 1 atom stereocenters. The van der Waals surface area contributed by atoms with E-state index in [0.29, 0.717) is 42.7 Å². The van der Waals surface area contributed by atoms with E-state index in [2.05, 4.69) is 25.0 Å². The molecule has 0 fully saturated rings. The third-order valence-electron chi connectivity index (χ3n) is 8.48. The molecule has 0 aliphatic carbocycles. The summed E-state index contributed by atoms with van der Waals surface area (Å²) in [5.41, 5.74) is 3.96. The Balaban J connectivity index is 1.43. The van der Waals surface area contributed by atoms with E-state index < -0.39 is 14.1 Å². The van der Waals surface area contributed by atoms with Crippen LogP contribution in [0.25, 0.3) is 33.5 Å². The van der Waals surface area contributed by atoms with E-state index in [1.165, 1.54) is 6.33 Å². The number of para-hydroxylation sites is 1. The van der Waals surface area contributed by atoms with Crippen molar-refractivity contribution in [2.24, 2.45) is 5.41 Å². The highest BCUT2D eigenvalue weighted by atomic mass is 28.3. The Bertz CT molecular complexity index is 2110. The molecular formula is C35H45N9O3Si. The number of aryl methyl sites for hydroxylation is 1. The molecule has 0 bridgehead atoms. The molecule has 5 aromatic heterocycles. The van der Waals surface area contributed by atoms with Crippen LogP contribution in [0, 0.1) is 12.3 Å². The summed E-state index contributed by atoms with van der Waals surface area (Å²) < 4.78 is 13.3. The van der Waals surface area contributed by atoms with E-state index in [9.17, 15) is 9.90 Å². The molecule has 48 heavy (non-hydrogen) atoms. The Morgan fingerprint density at radius 2 is 1.81 bits per heavy atom. The summed E-state index contributed by atoms with van der Waals surface area (Å²) in [7, 11) is -1.26. The van der Waals surface area contributed by atoms with Crippen LogP contribution in [0.2, 0.25) is 25.7 Å². The van der Waals surface area contributed by atoms with Crippen molar-refractivity contribution in [1.82, 2.24) is 38.5 Å². The Morgan fingerprint density at radius 1 is 1.04 bits per heavy atom. The van der Waals surface area contributed by atoms with Crippen LogP contribution in [0.4, 0.5) is 5.82 Å². The van der Waals surface area contributed by atoms with Gasteiger partial charge < -0.3 is 19.7 Å². The normalized spacial score (nSPS) is 13.1. The van der Waals surface area contributed by atoms with E-state index in [1.54, 1.807) is 9.08 Å². The smallest absolute Gasteiger partial charge is 0.282 e. The third kappa shape index (κ3) is 6.84. The van der Waals surface area contributed by atoms with Gasteiger partial charge in [-0.1, -0.05) is 51.7 Å². The van der Waals surface area contributed by atoms with Crippen molar-refractivity contribution in [3.05, 3.63) is 89.1 Å². The number of aromatic nitrogens is 8. The standard InChI is InChI=1S/C35H45N9O3Si/c1-24-13-16-43-30(24)34(46)44(26-11-9-8-10-12-26)32(40-43)25(2)38-31-29-27(28-14-15-42(39-28)20-35(3,4)21-45)19-41(33(29)37-22-36-31)23-47-17-18-48(5,6)7/h8-16,19,22,25,45H,17-18,20-21,23H2,1-7H3,(H,36,37,38)/t25-/m0/s1. The highest BCUT2D eigenvalue weighted by molar-refractivity contribution is 6.76. The highest BCUT2D eigenvalue weighted by Gasteiger charge is 2.24. The number of rotatable bonds is 13. The van der Waals surface area contributed by atoms with Gasteiger partial charge in [-0.05, 0) is 49.7 Å². The highest BCUT2D eigenvalue weighted by Crippen LogP contribution is 2.35. The predicted octanol–water partition coefficient (Wildman–Crippen LogP) is 5.91. The fourth-order valence-corrected chi connectivity index (χ4v) is 6.51. The summed E-state index contributed by atoms with van der Waals surface area (Å²) in [6.07, 6.45) is 7.30. The second-order valence-electron chi connectivity index (χ2n) is 14.5. The van der Waals surface area contributed by atoms with Crippen LogP contribution >= 0.6 is 0 Å². The molecule has 0 saturated carbocycles. The number of fused-ring (bicyclic) bond motifs is 2. The van der Waals surface area contributed by atoms with Gasteiger partial charge in [-0.25, -0.2) is 14.5 Å². The lowest BCUT2D eigenvalue weighted by molar-refractivity contribution is 0.0899. The van der Waals surface area contributed by atoms with Crippen molar-refractivity contribution < 1.29 is 9.84 Å². The molecule has 1 aromatic carbocycles. The second-order valence-corrected chi connectivity index (χ2v) is 20.1. The minimum Gasteiger partial charge on any atom is -0.396 e. The molecule has 0 saturated heterocycles. The maximum absolute atomic E-state index is 14.0. The Morgan fingerprint density at radius 3 is 2.54 bits per heavy atom. The molecule has 6 aromatic rings. The van der Waals surface area contributed by atoms with Crippen molar-refractivity contribution in [3.63, 3.8) is 0 Å². The number of nitrogens with one attached hydrogen (secondary N) is 1. The maximum atomic E-state index is 14.0. The lowest BCUT2D eigenvalue weighted by Gasteiger charge is -2.21. The number of nitrogens with zero attached hydrogens (tertiary/aromatic N) is 8. The van der Waals surface area contributed by atoms with Gasteiger partial charge in [-0.15, -0.1) is 0 Å². The summed E-state index contributed by atoms with van der Waals surface area (Å²) in [6, 6.07) is 14.1. The van der Waals surface area contributed by atoms with Crippen molar-refractivity contribution >= 4 is 30.4 Å². The van der Waals surface area contributed by atoms with E-state index >= 15 is 0 Å². The third-order valence-corrected chi connectivity index (χ3v) is 10.2. The number of anilines is 1. The first-order valence-electron chi connectivity index (χ1n) is 16.3. The molecule has 0 aliphatic heterocycles. The van der Waals surface area contributed by atoms with E-state index in [0.717, 1.165) is 33.9 Å². The number of benzene rings is 1. The van der Waals surface area contributed by atoms with Gasteiger partial charge in [0.25, 0.3) is 5.56 Å². The van der Waals surface area contributed by atoms with Crippen molar-refractivity contribution in [2.75, 3.05) is 18.5 Å². The summed E-state index contributed by atoms with van der Waals surface area (Å²) in [5.74, 6) is 1.12. The van der Waals surface area contributed by atoms with E-state index in [4.69, 9.17) is 24.9 Å². The Kier molecular flexibility index (Phi) is 9.11. The zero-order valence-electron chi connectivity index (χ0n) is 28.8. The number of hydrogen-bond acceptors (Lipinski definition) is 8. The first kappa shape index (κ1) is 33.3. The van der Waals surface area contributed by atoms with Gasteiger partial charge in [0.15, 0.2) is 5.82 Å². The minimum atomic E-state index is -1.26. The van der Waals surface area contributed by atoms with Crippen LogP contribution in [-0.4, -0.2) is 64.9 Å². The van der Waals surface area contributed by atoms with Crippen LogP contribution in [0.1, 0.15) is 38.2 Å². The molecule has 5 heterocycles. The topological polar surface area (TPSA) is 129 Å². The van der Waals surface area contributed by atoms with Crippen LogP contribution < -0.4 is 10.9 Å². The van der Waals surface area contributed by atoms with Crippen LogP contribution in [-0.2, 0) is 18.0 Å². The average Bonchev–Trinajstić information content (AvgIpc) is 3.76. The number of aliphatic hydroxyl groups is 1. The average molecular weight is 668 g/mol. The van der Waals surface area contributed by atoms with Gasteiger partial charge in [-0.2, -0.15) is 10.2 Å². The maximum Gasteiger partial charge on any atom is 0.282 e. The predicted molar refractivity (Wildman–Crippen MR) is 191 cm³/mol.